The van der Waals surface area contributed by atoms with E-state index < -0.39 is 11.0 Å². The van der Waals surface area contributed by atoms with Crippen molar-refractivity contribution in [2.24, 2.45) is 23.2 Å². The Balaban J connectivity index is 1.47. The van der Waals surface area contributed by atoms with Crippen molar-refractivity contribution in [1.29, 1.82) is 0 Å². The zero-order chi connectivity index (χ0) is 25.8. The Kier molecular flexibility index (Phi) is 6.99. The molecule has 1 aromatic rings. The molecule has 196 valence electrons. The number of thioether (sulfide) groups is 1. The van der Waals surface area contributed by atoms with E-state index >= 15 is 0 Å². The van der Waals surface area contributed by atoms with E-state index in [0.29, 0.717) is 22.6 Å². The molecule has 4 aliphatic rings. The number of hydrogen-bond donors (Lipinski definition) is 3. The summed E-state index contributed by atoms with van der Waals surface area (Å²) in [4.78, 5) is 26.6. The van der Waals surface area contributed by atoms with E-state index in [1.807, 2.05) is 48.5 Å². The van der Waals surface area contributed by atoms with Crippen LogP contribution in [-0.4, -0.2) is 51.1 Å². The first-order valence-electron chi connectivity index (χ1n) is 12.8. The van der Waals surface area contributed by atoms with Gasteiger partial charge in [-0.25, -0.2) is 0 Å². The van der Waals surface area contributed by atoms with Gasteiger partial charge in [-0.05, 0) is 89.6 Å². The van der Waals surface area contributed by atoms with Crippen LogP contribution in [-0.2, 0) is 4.79 Å². The molecule has 2 unspecified atom stereocenters. The molecule has 4 saturated carbocycles. The van der Waals surface area contributed by atoms with Gasteiger partial charge in [0.2, 0.25) is 11.7 Å². The normalized spacial score (nSPS) is 30.0. The molecule has 4 fully saturated rings. The molecule has 2 amide bonds. The van der Waals surface area contributed by atoms with E-state index in [-0.39, 0.29) is 46.9 Å². The van der Waals surface area contributed by atoms with E-state index in [2.05, 4.69) is 15.8 Å². The minimum Gasteiger partial charge on any atom is -0.474 e. The highest BCUT2D eigenvalue weighted by Gasteiger charge is 2.55. The Morgan fingerprint density at radius 2 is 1.80 bits per heavy atom. The van der Waals surface area contributed by atoms with Gasteiger partial charge in [0.1, 0.15) is 11.5 Å². The average molecular weight is 508 g/mol. The number of aromatic nitrogens is 1. The maximum atomic E-state index is 13.4. The zero-order valence-electron chi connectivity index (χ0n) is 22.1. The van der Waals surface area contributed by atoms with Gasteiger partial charge >= 0.3 is 0 Å². The van der Waals surface area contributed by atoms with Crippen LogP contribution in [0.2, 0.25) is 0 Å². The summed E-state index contributed by atoms with van der Waals surface area (Å²) in [6, 6.07) is 0.0470. The molecule has 0 saturated heterocycles. The second-order valence-electron chi connectivity index (χ2n) is 12.9. The molecule has 0 aromatic carbocycles. The lowest BCUT2D eigenvalue weighted by atomic mass is 9.52. The van der Waals surface area contributed by atoms with Crippen molar-refractivity contribution in [1.82, 2.24) is 15.8 Å². The third kappa shape index (κ3) is 5.82. The van der Waals surface area contributed by atoms with Gasteiger partial charge < -0.3 is 25.0 Å². The number of nitrogens with zero attached hydrogens (tertiary/aromatic N) is 1. The van der Waals surface area contributed by atoms with Crippen LogP contribution in [0.25, 0.3) is 0 Å². The summed E-state index contributed by atoms with van der Waals surface area (Å²) in [5, 5.41) is 21.3. The Morgan fingerprint density at radius 1 is 1.17 bits per heavy atom. The van der Waals surface area contributed by atoms with E-state index in [1.54, 1.807) is 0 Å². The number of carbonyl (C=O) groups excluding carboxylic acids is 2. The summed E-state index contributed by atoms with van der Waals surface area (Å²) in [7, 11) is 0. The van der Waals surface area contributed by atoms with E-state index in [4.69, 9.17) is 9.26 Å². The van der Waals surface area contributed by atoms with Crippen LogP contribution in [0, 0.1) is 23.2 Å². The Hall–Kier alpha value is -1.74. The molecule has 0 spiro atoms. The summed E-state index contributed by atoms with van der Waals surface area (Å²) >= 11 is 1.46. The Bertz CT molecular complexity index is 951. The first kappa shape index (κ1) is 26.3. The molecule has 0 aliphatic heterocycles. The van der Waals surface area contributed by atoms with Crippen LogP contribution < -0.4 is 15.4 Å². The average Bonchev–Trinajstić information content (AvgIpc) is 3.08. The number of hydrogen-bond acceptors (Lipinski definition) is 7. The number of amides is 2. The molecule has 0 radical (unpaired) electrons. The van der Waals surface area contributed by atoms with Crippen LogP contribution in [0.5, 0.6) is 5.88 Å². The molecular formula is C26H41N3O5S. The lowest BCUT2D eigenvalue weighted by Gasteiger charge is -2.58. The minimum atomic E-state index is -0.797. The van der Waals surface area contributed by atoms with Crippen LogP contribution in [0.1, 0.15) is 91.1 Å². The van der Waals surface area contributed by atoms with Gasteiger partial charge in [0.25, 0.3) is 11.8 Å². The Labute approximate surface area is 212 Å². The first-order valence-corrected chi connectivity index (χ1v) is 13.7. The molecule has 3 N–H and O–H groups in total. The molecule has 9 heteroatoms. The van der Waals surface area contributed by atoms with Crippen molar-refractivity contribution < 1.29 is 24.0 Å². The summed E-state index contributed by atoms with van der Waals surface area (Å²) in [5.74, 6) is 1.17. The van der Waals surface area contributed by atoms with Crippen LogP contribution >= 0.6 is 11.8 Å². The largest absolute Gasteiger partial charge is 0.474 e. The molecule has 4 aliphatic carbocycles. The van der Waals surface area contributed by atoms with Gasteiger partial charge in [-0.15, -0.1) is 11.8 Å². The number of carbonyl (C=O) groups is 2. The minimum absolute atomic E-state index is 0.0470. The second kappa shape index (κ2) is 9.29. The standard InChI is InChI=1S/C26H41N3O5S/c1-14(2)35-20-19(34-29-22(20)33-13-25(6,7)23(31)28-24(3,4)5)21(30)27-18-16-8-15-9-17(18)12-26(32,10-15)11-16/h14-18,32H,8-13H2,1-7H3,(H,27,30)(H,28,31). The van der Waals surface area contributed by atoms with Crippen LogP contribution in [0.3, 0.4) is 0 Å². The zero-order valence-corrected chi connectivity index (χ0v) is 22.9. The third-order valence-electron chi connectivity index (χ3n) is 7.39. The molecule has 1 aromatic heterocycles. The van der Waals surface area contributed by atoms with Crippen molar-refractivity contribution >= 4 is 23.6 Å². The van der Waals surface area contributed by atoms with Crippen molar-refractivity contribution in [3.05, 3.63) is 5.76 Å². The third-order valence-corrected chi connectivity index (χ3v) is 8.46. The summed E-state index contributed by atoms with van der Waals surface area (Å²) in [6.07, 6.45) is 4.55. The highest BCUT2D eigenvalue weighted by atomic mass is 32.2. The molecule has 2 atom stereocenters. The van der Waals surface area contributed by atoms with Gasteiger partial charge in [-0.2, -0.15) is 0 Å². The summed E-state index contributed by atoms with van der Waals surface area (Å²) < 4.78 is 11.5. The van der Waals surface area contributed by atoms with Gasteiger partial charge in [-0.3, -0.25) is 9.59 Å². The summed E-state index contributed by atoms with van der Waals surface area (Å²) in [6.45, 7) is 13.6. The fourth-order valence-electron chi connectivity index (χ4n) is 6.10. The molecular weight excluding hydrogens is 466 g/mol. The second-order valence-corrected chi connectivity index (χ2v) is 14.5. The molecule has 8 nitrogen and oxygen atoms in total. The van der Waals surface area contributed by atoms with Crippen molar-refractivity contribution in [2.45, 2.75) is 108 Å². The first-order chi connectivity index (χ1) is 16.2. The lowest BCUT2D eigenvalue weighted by Crippen LogP contribution is -2.61. The number of nitrogens with one attached hydrogen (secondary N) is 2. The lowest BCUT2D eigenvalue weighted by molar-refractivity contribution is -0.137. The summed E-state index contributed by atoms with van der Waals surface area (Å²) in [5.41, 5.74) is -1.69. The van der Waals surface area contributed by atoms with Gasteiger partial charge in [0.05, 0.1) is 11.0 Å². The fourth-order valence-corrected chi connectivity index (χ4v) is 7.01. The topological polar surface area (TPSA) is 114 Å². The Morgan fingerprint density at radius 3 is 2.34 bits per heavy atom. The molecule has 35 heavy (non-hydrogen) atoms. The highest BCUT2D eigenvalue weighted by molar-refractivity contribution is 8.00. The van der Waals surface area contributed by atoms with Gasteiger partial charge in [-0.1, -0.05) is 13.8 Å². The van der Waals surface area contributed by atoms with Gasteiger partial charge in [0.15, 0.2) is 0 Å². The number of ether oxygens (including phenoxy) is 1. The van der Waals surface area contributed by atoms with Crippen molar-refractivity contribution in [2.75, 3.05) is 6.61 Å². The monoisotopic (exact) mass is 507 g/mol. The quantitative estimate of drug-likeness (QED) is 0.453. The SMILES string of the molecule is CC(C)Sc1c(OCC(C)(C)C(=O)NC(C)(C)C)noc1C(=O)NC1C2CC3CC1CC(O)(C3)C2. The highest BCUT2D eigenvalue weighted by Crippen LogP contribution is 2.55. The smallest absolute Gasteiger partial charge is 0.291 e. The maximum Gasteiger partial charge on any atom is 0.291 e. The predicted molar refractivity (Wildman–Crippen MR) is 134 cm³/mol. The van der Waals surface area contributed by atoms with Crippen LogP contribution in [0.4, 0.5) is 0 Å². The van der Waals surface area contributed by atoms with Crippen molar-refractivity contribution in [3.63, 3.8) is 0 Å². The number of aliphatic hydroxyl groups is 1. The fraction of sp³-hybridized carbons (Fsp3) is 0.808. The van der Waals surface area contributed by atoms with Crippen LogP contribution in [0.15, 0.2) is 9.42 Å². The number of rotatable bonds is 8. The predicted octanol–water partition coefficient (Wildman–Crippen LogP) is 4.16. The maximum absolute atomic E-state index is 13.4. The molecule has 4 bridgehead atoms. The van der Waals surface area contributed by atoms with Gasteiger partial charge in [0, 0.05) is 16.8 Å². The van der Waals surface area contributed by atoms with E-state index in [1.165, 1.54) is 11.8 Å². The van der Waals surface area contributed by atoms with E-state index in [0.717, 1.165) is 32.1 Å². The van der Waals surface area contributed by atoms with Crippen molar-refractivity contribution in [3.8, 4) is 5.88 Å². The molecule has 5 rings (SSSR count). The van der Waals surface area contributed by atoms with E-state index in [9.17, 15) is 14.7 Å². The molecule has 1 heterocycles.